The van der Waals surface area contributed by atoms with Gasteiger partial charge in [0.15, 0.2) is 11.6 Å². The van der Waals surface area contributed by atoms with Crippen LogP contribution >= 0.6 is 0 Å². The van der Waals surface area contributed by atoms with Crippen molar-refractivity contribution in [3.05, 3.63) is 12.5 Å². The summed E-state index contributed by atoms with van der Waals surface area (Å²) in [5.41, 5.74) is 5.24. The van der Waals surface area contributed by atoms with Crippen LogP contribution in [0.15, 0.2) is 16.9 Å². The van der Waals surface area contributed by atoms with E-state index in [-0.39, 0.29) is 6.01 Å². The minimum absolute atomic E-state index is 0.122. The van der Waals surface area contributed by atoms with Gasteiger partial charge in [0.25, 0.3) is 6.01 Å². The van der Waals surface area contributed by atoms with Crippen LogP contribution in [-0.4, -0.2) is 20.2 Å². The lowest BCUT2D eigenvalue weighted by molar-refractivity contribution is 0.590. The Morgan fingerprint density at radius 3 is 2.91 bits per heavy atom. The van der Waals surface area contributed by atoms with Gasteiger partial charge in [0.1, 0.15) is 6.33 Å². The van der Waals surface area contributed by atoms with Crippen LogP contribution in [0, 0.1) is 0 Å². The maximum atomic E-state index is 5.24. The van der Waals surface area contributed by atoms with E-state index < -0.39 is 0 Å². The van der Waals surface area contributed by atoms with Gasteiger partial charge in [-0.2, -0.15) is 5.10 Å². The highest BCUT2D eigenvalue weighted by atomic mass is 16.4. The molecule has 0 saturated heterocycles. The molecule has 0 aliphatic rings. The highest BCUT2D eigenvalue weighted by molar-refractivity contribution is 5.44. The summed E-state index contributed by atoms with van der Waals surface area (Å²) in [5.74, 6) is 1.01. The number of nitrogen functional groups attached to an aromatic ring is 1. The Bertz CT molecular complexity index is 337. The molecule has 6 heteroatoms. The number of oxazole rings is 1. The predicted molar refractivity (Wildman–Crippen MR) is 36.3 cm³/mol. The highest BCUT2D eigenvalue weighted by Gasteiger charge is 2.05. The molecule has 0 fully saturated rings. The first kappa shape index (κ1) is 5.90. The van der Waals surface area contributed by atoms with Gasteiger partial charge in [0.05, 0.1) is 6.20 Å². The first-order valence-electron chi connectivity index (χ1n) is 2.93. The Balaban J connectivity index is 2.45. The molecule has 0 amide bonds. The van der Waals surface area contributed by atoms with Gasteiger partial charge in [-0.3, -0.25) is 5.10 Å². The van der Waals surface area contributed by atoms with Gasteiger partial charge in [-0.1, -0.05) is 0 Å². The Hall–Kier alpha value is -1.85. The Morgan fingerprint density at radius 1 is 1.45 bits per heavy atom. The monoisotopic (exact) mass is 151 g/mol. The van der Waals surface area contributed by atoms with Crippen molar-refractivity contribution in [1.29, 1.82) is 0 Å². The third-order valence-corrected chi connectivity index (χ3v) is 1.17. The van der Waals surface area contributed by atoms with Gasteiger partial charge < -0.3 is 10.2 Å². The van der Waals surface area contributed by atoms with E-state index >= 15 is 0 Å². The molecule has 56 valence electrons. The number of anilines is 1. The smallest absolute Gasteiger partial charge is 0.292 e. The van der Waals surface area contributed by atoms with E-state index in [9.17, 15) is 0 Å². The van der Waals surface area contributed by atoms with Crippen molar-refractivity contribution >= 4 is 6.01 Å². The third-order valence-electron chi connectivity index (χ3n) is 1.17. The molecule has 2 aromatic heterocycles. The molecule has 11 heavy (non-hydrogen) atoms. The second-order valence-electron chi connectivity index (χ2n) is 1.90. The molecular formula is C5H5N5O. The van der Waals surface area contributed by atoms with Gasteiger partial charge in [-0.05, 0) is 0 Å². The standard InChI is InChI=1S/C5H5N5O/c6-5-7-1-3(11-5)4-8-2-9-10-4/h1-2H,(H2,6,7)(H,8,9,10). The second kappa shape index (κ2) is 2.08. The Kier molecular flexibility index (Phi) is 1.12. The number of aromatic nitrogens is 4. The SMILES string of the molecule is Nc1ncc(-c2ncn[nH]2)o1. The zero-order valence-electron chi connectivity index (χ0n) is 5.48. The number of nitrogens with one attached hydrogen (secondary N) is 1. The summed E-state index contributed by atoms with van der Waals surface area (Å²) in [6, 6.07) is 0.122. The summed E-state index contributed by atoms with van der Waals surface area (Å²) in [5, 5.41) is 6.26. The fourth-order valence-electron chi connectivity index (χ4n) is 0.721. The van der Waals surface area contributed by atoms with Crippen molar-refractivity contribution in [3.8, 4) is 11.6 Å². The van der Waals surface area contributed by atoms with E-state index in [0.29, 0.717) is 11.6 Å². The van der Waals surface area contributed by atoms with Crippen molar-refractivity contribution in [2.24, 2.45) is 0 Å². The molecule has 6 nitrogen and oxygen atoms in total. The van der Waals surface area contributed by atoms with Gasteiger partial charge in [-0.15, -0.1) is 0 Å². The molecule has 0 bridgehead atoms. The molecule has 0 aromatic carbocycles. The van der Waals surface area contributed by atoms with Crippen LogP contribution < -0.4 is 5.73 Å². The Labute approximate surface area is 61.5 Å². The maximum absolute atomic E-state index is 5.24. The molecular weight excluding hydrogens is 146 g/mol. The van der Waals surface area contributed by atoms with Gasteiger partial charge >= 0.3 is 0 Å². The number of H-pyrrole nitrogens is 1. The van der Waals surface area contributed by atoms with Crippen LogP contribution in [0.3, 0.4) is 0 Å². The zero-order chi connectivity index (χ0) is 7.68. The van der Waals surface area contributed by atoms with Crippen LogP contribution in [0.2, 0.25) is 0 Å². The maximum Gasteiger partial charge on any atom is 0.292 e. The van der Waals surface area contributed by atoms with Crippen LogP contribution in [0.1, 0.15) is 0 Å². The average molecular weight is 151 g/mol. The summed E-state index contributed by atoms with van der Waals surface area (Å²) in [7, 11) is 0. The topological polar surface area (TPSA) is 93.6 Å². The van der Waals surface area contributed by atoms with Crippen LogP contribution in [0.5, 0.6) is 0 Å². The fourth-order valence-corrected chi connectivity index (χ4v) is 0.721. The van der Waals surface area contributed by atoms with E-state index in [0.717, 1.165) is 0 Å². The number of hydrogen-bond donors (Lipinski definition) is 2. The summed E-state index contributed by atoms with van der Waals surface area (Å²) < 4.78 is 4.96. The van der Waals surface area contributed by atoms with E-state index in [2.05, 4.69) is 20.2 Å². The van der Waals surface area contributed by atoms with Crippen molar-refractivity contribution in [3.63, 3.8) is 0 Å². The van der Waals surface area contributed by atoms with Crippen molar-refractivity contribution in [1.82, 2.24) is 20.2 Å². The quantitative estimate of drug-likeness (QED) is 0.600. The van der Waals surface area contributed by atoms with Crippen LogP contribution in [0.25, 0.3) is 11.6 Å². The number of hydrogen-bond acceptors (Lipinski definition) is 5. The summed E-state index contributed by atoms with van der Waals surface area (Å²) in [6.45, 7) is 0. The number of nitrogens with two attached hydrogens (primary N) is 1. The predicted octanol–water partition coefficient (Wildman–Crippen LogP) is 0.0419. The van der Waals surface area contributed by atoms with E-state index in [1.54, 1.807) is 0 Å². The molecule has 0 unspecified atom stereocenters. The Morgan fingerprint density at radius 2 is 2.36 bits per heavy atom. The average Bonchev–Trinajstić information content (AvgIpc) is 2.55. The molecule has 0 spiro atoms. The molecule has 0 radical (unpaired) electrons. The van der Waals surface area contributed by atoms with Crippen LogP contribution in [0.4, 0.5) is 6.01 Å². The summed E-state index contributed by atoms with van der Waals surface area (Å²) in [6.07, 6.45) is 2.86. The van der Waals surface area contributed by atoms with Gasteiger partial charge in [-0.25, -0.2) is 9.97 Å². The molecule has 0 atom stereocenters. The summed E-state index contributed by atoms with van der Waals surface area (Å²) in [4.78, 5) is 7.54. The van der Waals surface area contributed by atoms with Crippen molar-refractivity contribution in [2.45, 2.75) is 0 Å². The molecule has 0 saturated carbocycles. The second-order valence-corrected chi connectivity index (χ2v) is 1.90. The van der Waals surface area contributed by atoms with E-state index in [1.165, 1.54) is 12.5 Å². The fraction of sp³-hybridized carbons (Fsp3) is 0. The molecule has 2 aromatic rings. The van der Waals surface area contributed by atoms with Crippen molar-refractivity contribution < 1.29 is 4.42 Å². The molecule has 0 aliphatic heterocycles. The molecule has 0 aliphatic carbocycles. The lowest BCUT2D eigenvalue weighted by atomic mass is 10.5. The van der Waals surface area contributed by atoms with Crippen LogP contribution in [-0.2, 0) is 0 Å². The number of rotatable bonds is 1. The number of nitrogens with zero attached hydrogens (tertiary/aromatic N) is 3. The summed E-state index contributed by atoms with van der Waals surface area (Å²) >= 11 is 0. The normalized spacial score (nSPS) is 10.2. The van der Waals surface area contributed by atoms with Gasteiger partial charge in [0.2, 0.25) is 0 Å². The van der Waals surface area contributed by atoms with Gasteiger partial charge in [0, 0.05) is 0 Å². The highest BCUT2D eigenvalue weighted by Crippen LogP contribution is 2.14. The van der Waals surface area contributed by atoms with E-state index in [1.807, 2.05) is 0 Å². The molecule has 2 rings (SSSR count). The minimum atomic E-state index is 0.122. The first-order chi connectivity index (χ1) is 5.36. The largest absolute Gasteiger partial charge is 0.420 e. The molecule has 2 heterocycles. The third kappa shape index (κ3) is 0.936. The zero-order valence-corrected chi connectivity index (χ0v) is 5.48. The number of aromatic amines is 1. The lowest BCUT2D eigenvalue weighted by Crippen LogP contribution is -1.80. The first-order valence-corrected chi connectivity index (χ1v) is 2.93. The van der Waals surface area contributed by atoms with Crippen molar-refractivity contribution in [2.75, 3.05) is 5.73 Å². The van der Waals surface area contributed by atoms with E-state index in [4.69, 9.17) is 10.2 Å². The molecule has 3 N–H and O–H groups in total. The minimum Gasteiger partial charge on any atom is -0.420 e. The lowest BCUT2D eigenvalue weighted by Gasteiger charge is -1.83.